The Morgan fingerprint density at radius 3 is 2.74 bits per heavy atom. The fraction of sp³-hybridized carbons (Fsp3) is 0.542. The first-order valence-corrected chi connectivity index (χ1v) is 11.1. The van der Waals surface area contributed by atoms with Gasteiger partial charge in [-0.3, -0.25) is 0 Å². The molecule has 3 aromatic rings. The summed E-state index contributed by atoms with van der Waals surface area (Å²) in [5, 5.41) is 20.5. The van der Waals surface area contributed by atoms with Gasteiger partial charge >= 0.3 is 0 Å². The summed E-state index contributed by atoms with van der Waals surface area (Å²) in [6, 6.07) is 5.98. The smallest absolute Gasteiger partial charge is 0.191 e. The average Bonchev–Trinajstić information content (AvgIpc) is 3.26. The van der Waals surface area contributed by atoms with Crippen LogP contribution in [0.15, 0.2) is 28.8 Å². The van der Waals surface area contributed by atoms with E-state index in [1.165, 1.54) is 12.8 Å². The molecule has 1 aliphatic carbocycles. The van der Waals surface area contributed by atoms with Gasteiger partial charge in [-0.25, -0.2) is 4.98 Å². The maximum absolute atomic E-state index is 11.2. The third kappa shape index (κ3) is 3.35. The highest BCUT2D eigenvalue weighted by atomic mass is 16.5. The lowest BCUT2D eigenvalue weighted by Gasteiger charge is -2.45. The molecular formula is C24H30N4O3. The summed E-state index contributed by atoms with van der Waals surface area (Å²) >= 11 is 0. The van der Waals surface area contributed by atoms with Gasteiger partial charge in [0.25, 0.3) is 0 Å². The van der Waals surface area contributed by atoms with E-state index < -0.39 is 5.60 Å². The maximum Gasteiger partial charge on any atom is 0.191 e. The van der Waals surface area contributed by atoms with Crippen molar-refractivity contribution in [3.63, 3.8) is 0 Å². The third-order valence-electron chi connectivity index (χ3n) is 7.02. The van der Waals surface area contributed by atoms with Crippen LogP contribution in [0.4, 0.5) is 0 Å². The van der Waals surface area contributed by atoms with Gasteiger partial charge in [0, 0.05) is 19.0 Å². The van der Waals surface area contributed by atoms with Crippen molar-refractivity contribution in [3.8, 4) is 28.5 Å². The van der Waals surface area contributed by atoms with Gasteiger partial charge in [0.05, 0.1) is 29.9 Å². The van der Waals surface area contributed by atoms with Crippen LogP contribution in [-0.4, -0.2) is 37.6 Å². The molecule has 1 aromatic carbocycles. The minimum Gasteiger partial charge on any atom is -0.496 e. The summed E-state index contributed by atoms with van der Waals surface area (Å²) in [7, 11) is 1.65. The van der Waals surface area contributed by atoms with E-state index in [0.29, 0.717) is 23.3 Å². The monoisotopic (exact) mass is 422 g/mol. The Morgan fingerprint density at radius 2 is 2.10 bits per heavy atom. The third-order valence-corrected chi connectivity index (χ3v) is 7.02. The number of hydrogen-bond donors (Lipinski definition) is 1. The number of fused-ring (bicyclic) bond motifs is 1. The highest BCUT2D eigenvalue weighted by Crippen LogP contribution is 2.51. The zero-order valence-corrected chi connectivity index (χ0v) is 18.7. The van der Waals surface area contributed by atoms with Crippen molar-refractivity contribution in [2.45, 2.75) is 70.4 Å². The lowest BCUT2D eigenvalue weighted by molar-refractivity contribution is -0.0326. The van der Waals surface area contributed by atoms with Crippen molar-refractivity contribution in [3.05, 3.63) is 36.1 Å². The molecule has 0 spiro atoms. The van der Waals surface area contributed by atoms with Crippen LogP contribution in [0.5, 0.6) is 5.75 Å². The van der Waals surface area contributed by atoms with Crippen LogP contribution < -0.4 is 4.74 Å². The molecule has 2 aliphatic rings. The largest absolute Gasteiger partial charge is 0.496 e. The maximum atomic E-state index is 11.2. The van der Waals surface area contributed by atoms with E-state index in [4.69, 9.17) is 9.15 Å². The first-order chi connectivity index (χ1) is 14.8. The van der Waals surface area contributed by atoms with E-state index in [9.17, 15) is 5.11 Å². The number of oxazole rings is 1. The standard InChI is InChI=1S/C24H30N4O3/c1-15-25-14-20(31-15)18-9-8-17(12-19(18)30-4)21-26-27-22-24(23(2,3)29,13-16-6-7-16)10-5-11-28(21)22/h8-9,12,14,16,29H,5-7,10-11,13H2,1-4H3. The molecule has 7 nitrogen and oxygen atoms in total. The second kappa shape index (κ2) is 7.19. The van der Waals surface area contributed by atoms with Crippen molar-refractivity contribution in [2.75, 3.05) is 7.11 Å². The van der Waals surface area contributed by atoms with Gasteiger partial charge in [0.15, 0.2) is 17.5 Å². The molecule has 1 N–H and O–H groups in total. The van der Waals surface area contributed by atoms with E-state index in [1.807, 2.05) is 39.0 Å². The van der Waals surface area contributed by atoms with Crippen LogP contribution in [0.25, 0.3) is 22.7 Å². The molecule has 0 bridgehead atoms. The fourth-order valence-electron chi connectivity index (χ4n) is 5.09. The summed E-state index contributed by atoms with van der Waals surface area (Å²) < 4.78 is 13.6. The molecule has 2 aromatic heterocycles. The molecule has 1 saturated carbocycles. The van der Waals surface area contributed by atoms with Gasteiger partial charge in [-0.1, -0.05) is 18.9 Å². The zero-order chi connectivity index (χ0) is 21.8. The van der Waals surface area contributed by atoms with Crippen molar-refractivity contribution < 1.29 is 14.3 Å². The number of aromatic nitrogens is 4. The number of hydrogen-bond acceptors (Lipinski definition) is 6. The van der Waals surface area contributed by atoms with E-state index in [0.717, 1.165) is 48.6 Å². The van der Waals surface area contributed by atoms with Gasteiger partial charge in [0.1, 0.15) is 11.6 Å². The minimum absolute atomic E-state index is 0.362. The Labute approximate surface area is 182 Å². The van der Waals surface area contributed by atoms with Crippen LogP contribution in [0.1, 0.15) is 57.7 Å². The SMILES string of the molecule is COc1cc(-c2nnc3n2CCCC3(CC2CC2)C(C)(C)O)ccc1-c1cnc(C)o1. The molecule has 164 valence electrons. The molecule has 7 heteroatoms. The van der Waals surface area contributed by atoms with Gasteiger partial charge in [0.2, 0.25) is 0 Å². The van der Waals surface area contributed by atoms with E-state index in [1.54, 1.807) is 13.3 Å². The van der Waals surface area contributed by atoms with Crippen LogP contribution in [0.3, 0.4) is 0 Å². The molecule has 0 radical (unpaired) electrons. The first-order valence-electron chi connectivity index (χ1n) is 11.1. The molecule has 31 heavy (non-hydrogen) atoms. The molecule has 5 rings (SSSR count). The molecule has 1 atom stereocenters. The average molecular weight is 423 g/mol. The molecule has 3 heterocycles. The van der Waals surface area contributed by atoms with Crippen LogP contribution in [0, 0.1) is 12.8 Å². The predicted octanol–water partition coefficient (Wildman–Crippen LogP) is 4.52. The molecule has 0 amide bonds. The topological polar surface area (TPSA) is 86.2 Å². The lowest BCUT2D eigenvalue weighted by atomic mass is 9.65. The number of rotatable bonds is 6. The number of aryl methyl sites for hydroxylation is 1. The van der Waals surface area contributed by atoms with Crippen LogP contribution in [-0.2, 0) is 12.0 Å². The number of ether oxygens (including phenoxy) is 1. The minimum atomic E-state index is -0.857. The highest BCUT2D eigenvalue weighted by molar-refractivity contribution is 5.71. The number of aliphatic hydroxyl groups is 1. The second-order valence-electron chi connectivity index (χ2n) is 9.55. The molecular weight excluding hydrogens is 392 g/mol. The Balaban J connectivity index is 1.58. The molecule has 1 unspecified atom stereocenters. The zero-order valence-electron chi connectivity index (χ0n) is 18.7. The normalized spacial score (nSPS) is 21.2. The van der Waals surface area contributed by atoms with Crippen LogP contribution in [0.2, 0.25) is 0 Å². The summed E-state index contributed by atoms with van der Waals surface area (Å²) in [4.78, 5) is 4.19. The Bertz CT molecular complexity index is 1110. The fourth-order valence-corrected chi connectivity index (χ4v) is 5.09. The second-order valence-corrected chi connectivity index (χ2v) is 9.55. The van der Waals surface area contributed by atoms with Crippen molar-refractivity contribution in [1.82, 2.24) is 19.7 Å². The van der Waals surface area contributed by atoms with Gasteiger partial charge in [-0.15, -0.1) is 10.2 Å². The van der Waals surface area contributed by atoms with E-state index in [2.05, 4.69) is 19.7 Å². The van der Waals surface area contributed by atoms with Gasteiger partial charge in [-0.05, 0) is 51.2 Å². The molecule has 1 fully saturated rings. The Kier molecular flexibility index (Phi) is 4.70. The lowest BCUT2D eigenvalue weighted by Crippen LogP contribution is -2.51. The van der Waals surface area contributed by atoms with E-state index >= 15 is 0 Å². The Morgan fingerprint density at radius 1 is 1.29 bits per heavy atom. The van der Waals surface area contributed by atoms with Gasteiger partial charge in [-0.2, -0.15) is 0 Å². The molecule has 0 saturated heterocycles. The van der Waals surface area contributed by atoms with Crippen LogP contribution >= 0.6 is 0 Å². The first kappa shape index (κ1) is 20.2. The van der Waals surface area contributed by atoms with Crippen molar-refractivity contribution >= 4 is 0 Å². The summed E-state index contributed by atoms with van der Waals surface area (Å²) in [5.41, 5.74) is 0.571. The molecule has 1 aliphatic heterocycles. The predicted molar refractivity (Wildman–Crippen MR) is 117 cm³/mol. The quantitative estimate of drug-likeness (QED) is 0.629. The highest BCUT2D eigenvalue weighted by Gasteiger charge is 2.52. The number of nitrogens with zero attached hydrogens (tertiary/aromatic N) is 4. The van der Waals surface area contributed by atoms with Gasteiger partial charge < -0.3 is 18.8 Å². The van der Waals surface area contributed by atoms with Crippen molar-refractivity contribution in [2.24, 2.45) is 5.92 Å². The number of methoxy groups -OCH3 is 1. The van der Waals surface area contributed by atoms with Crippen molar-refractivity contribution in [1.29, 1.82) is 0 Å². The van der Waals surface area contributed by atoms with E-state index in [-0.39, 0.29) is 5.41 Å². The summed E-state index contributed by atoms with van der Waals surface area (Å²) in [5.74, 6) is 4.41. The Hall–Kier alpha value is -2.67. The summed E-state index contributed by atoms with van der Waals surface area (Å²) in [6.07, 6.45) is 7.12. The number of benzene rings is 1. The summed E-state index contributed by atoms with van der Waals surface area (Å²) in [6.45, 7) is 6.53.